The summed E-state index contributed by atoms with van der Waals surface area (Å²) in [4.78, 5) is 25.5. The van der Waals surface area contributed by atoms with Gasteiger partial charge in [0, 0.05) is 58.2 Å². The third-order valence-electron chi connectivity index (χ3n) is 5.28. The Kier molecular flexibility index (Phi) is 3.07. The highest BCUT2D eigenvalue weighted by Crippen LogP contribution is 2.41. The van der Waals surface area contributed by atoms with Crippen molar-refractivity contribution in [2.75, 3.05) is 0 Å². The lowest BCUT2D eigenvalue weighted by molar-refractivity contribution is -0.122. The topological polar surface area (TPSA) is 77.4 Å². The Morgan fingerprint density at radius 2 is 1.72 bits per heavy atom. The number of hydrogen-bond acceptors (Lipinski definition) is 5. The molecular formula is C21H13FN2O4S. The summed E-state index contributed by atoms with van der Waals surface area (Å²) >= 11 is 1.44. The summed E-state index contributed by atoms with van der Waals surface area (Å²) in [5, 5.41) is 5.59. The highest BCUT2D eigenvalue weighted by Gasteiger charge is 2.35. The summed E-state index contributed by atoms with van der Waals surface area (Å²) in [5.74, 6) is -1.38. The van der Waals surface area contributed by atoms with E-state index >= 15 is 0 Å². The molecule has 0 atom stereocenters. The van der Waals surface area contributed by atoms with E-state index in [9.17, 15) is 14.0 Å². The summed E-state index contributed by atoms with van der Waals surface area (Å²) in [5.41, 5.74) is 3.65. The van der Waals surface area contributed by atoms with Gasteiger partial charge in [-0.2, -0.15) is 0 Å². The molecule has 29 heavy (non-hydrogen) atoms. The molecule has 1 aliphatic heterocycles. The number of imide groups is 1. The molecule has 0 spiro atoms. The van der Waals surface area contributed by atoms with Crippen LogP contribution in [0.4, 0.5) is 4.39 Å². The molecule has 1 N–H and O–H groups in total. The van der Waals surface area contributed by atoms with Crippen molar-refractivity contribution in [3.05, 3.63) is 58.9 Å². The monoisotopic (exact) mass is 408 g/mol. The molecule has 144 valence electrons. The predicted molar refractivity (Wildman–Crippen MR) is 109 cm³/mol. The fourth-order valence-electron chi connectivity index (χ4n) is 3.95. The van der Waals surface area contributed by atoms with Crippen LogP contribution in [0.3, 0.4) is 0 Å². The Balaban J connectivity index is 0.00000193. The molecule has 0 unspecified atom stereocenters. The number of thiophene rings is 1. The van der Waals surface area contributed by atoms with E-state index in [1.807, 2.05) is 23.1 Å². The van der Waals surface area contributed by atoms with Gasteiger partial charge in [0.25, 0.3) is 11.8 Å². The van der Waals surface area contributed by atoms with E-state index in [0.717, 1.165) is 15.6 Å². The molecule has 5 aromatic rings. The van der Waals surface area contributed by atoms with Crippen molar-refractivity contribution in [3.63, 3.8) is 0 Å². The number of hydrogen-bond donors (Lipinski definition) is 1. The molecule has 2 amide bonds. The lowest BCUT2D eigenvalue weighted by Gasteiger charge is -2.04. The molecule has 0 bridgehead atoms. The van der Waals surface area contributed by atoms with Crippen LogP contribution in [-0.4, -0.2) is 16.4 Å². The van der Waals surface area contributed by atoms with Crippen molar-refractivity contribution in [2.45, 2.75) is 0 Å². The molecule has 0 fully saturated rings. The van der Waals surface area contributed by atoms with Gasteiger partial charge >= 0.3 is 0 Å². The normalized spacial score (nSPS) is 14.8. The van der Waals surface area contributed by atoms with Crippen molar-refractivity contribution in [2.24, 2.45) is 7.05 Å². The number of rotatable bonds is 2. The van der Waals surface area contributed by atoms with Gasteiger partial charge in [0.2, 0.25) is 11.2 Å². The first-order chi connectivity index (χ1) is 14.0. The van der Waals surface area contributed by atoms with Gasteiger partial charge < -0.3 is 4.57 Å². The molecule has 0 aliphatic carbocycles. The number of nitrogens with one attached hydrogen (secondary N) is 1. The van der Waals surface area contributed by atoms with Crippen LogP contribution in [0.5, 0.6) is 0 Å². The molecule has 0 saturated heterocycles. The Morgan fingerprint density at radius 1 is 1.00 bits per heavy atom. The number of halogens is 1. The predicted octanol–water partition coefficient (Wildman–Crippen LogP) is 4.68. The molecule has 0 radical (unpaired) electrons. The summed E-state index contributed by atoms with van der Waals surface area (Å²) in [6.07, 6.45) is 1.75. The van der Waals surface area contributed by atoms with Gasteiger partial charge in [-0.05, 0) is 24.3 Å². The van der Waals surface area contributed by atoms with Gasteiger partial charge in [0.15, 0.2) is 0 Å². The highest BCUT2D eigenvalue weighted by molar-refractivity contribution is 7.17. The fraction of sp³-hybridized carbons (Fsp3) is 0.0476. The van der Waals surface area contributed by atoms with Crippen molar-refractivity contribution < 1.29 is 24.6 Å². The van der Waals surface area contributed by atoms with Gasteiger partial charge in [0.05, 0.1) is 11.1 Å². The van der Waals surface area contributed by atoms with E-state index in [0.29, 0.717) is 27.7 Å². The number of nitrogens with zero attached hydrogens (tertiary/aromatic N) is 1. The zero-order valence-electron chi connectivity index (χ0n) is 14.9. The summed E-state index contributed by atoms with van der Waals surface area (Å²) in [7, 11) is 1.82. The number of carbonyl (C=O) groups excluding carboxylic acids is 2. The zero-order valence-corrected chi connectivity index (χ0v) is 15.7. The SMILES string of the molecule is Cn1cc(C2=C(c3csc4cc5ooc5cc34)C(=O)NC2=O)c2cc(F)ccc21.[HH]. The molecule has 4 heterocycles. The first-order valence-electron chi connectivity index (χ1n) is 8.76. The van der Waals surface area contributed by atoms with Crippen molar-refractivity contribution in [3.8, 4) is 0 Å². The standard InChI is InChI=1S/C21H11FN2O4S.H2/c1-24-7-12(10-4-9(22)2-3-14(10)24)18-19(21(26)23-20(18)25)13-8-29-17-6-16-15(27-28-16)5-11(13)17;/h2-8H,1H3,(H,23,25,26);1H. The summed E-state index contributed by atoms with van der Waals surface area (Å²) in [6, 6.07) is 8.03. The van der Waals surface area contributed by atoms with Crippen LogP contribution in [0.2, 0.25) is 0 Å². The molecule has 8 heteroatoms. The average molecular weight is 408 g/mol. The van der Waals surface area contributed by atoms with Gasteiger partial charge in [-0.1, -0.05) is 0 Å². The van der Waals surface area contributed by atoms with Crippen LogP contribution in [0.1, 0.15) is 12.6 Å². The molecular weight excluding hydrogens is 395 g/mol. The van der Waals surface area contributed by atoms with E-state index in [2.05, 4.69) is 5.32 Å². The number of aromatic nitrogens is 1. The largest absolute Gasteiger partial charge is 0.350 e. The third-order valence-corrected chi connectivity index (χ3v) is 6.23. The quantitative estimate of drug-likeness (QED) is 0.340. The van der Waals surface area contributed by atoms with Crippen LogP contribution >= 0.6 is 11.3 Å². The Hall–Kier alpha value is -3.65. The van der Waals surface area contributed by atoms with Crippen LogP contribution in [0.15, 0.2) is 51.1 Å². The maximum absolute atomic E-state index is 13.9. The zero-order chi connectivity index (χ0) is 19.9. The number of aryl methyl sites for hydroxylation is 1. The second kappa shape index (κ2) is 5.45. The van der Waals surface area contributed by atoms with Gasteiger partial charge in [-0.25, -0.2) is 4.39 Å². The number of amides is 2. The van der Waals surface area contributed by atoms with Gasteiger partial charge in [0.1, 0.15) is 5.82 Å². The third kappa shape index (κ3) is 2.14. The number of carbonyl (C=O) groups is 2. The highest BCUT2D eigenvalue weighted by atomic mass is 32.1. The van der Waals surface area contributed by atoms with Crippen LogP contribution in [0, 0.1) is 5.82 Å². The second-order valence-electron chi connectivity index (χ2n) is 6.96. The number of fused-ring (bicyclic) bond motifs is 3. The second-order valence-corrected chi connectivity index (χ2v) is 7.87. The maximum atomic E-state index is 13.9. The molecule has 2 aromatic carbocycles. The lowest BCUT2D eigenvalue weighted by atomic mass is 9.95. The van der Waals surface area contributed by atoms with Crippen molar-refractivity contribution in [1.82, 2.24) is 9.88 Å². The Bertz CT molecular complexity index is 1550. The van der Waals surface area contributed by atoms with Crippen molar-refractivity contribution >= 4 is 66.5 Å². The van der Waals surface area contributed by atoms with E-state index in [1.165, 1.54) is 23.5 Å². The molecule has 6 nitrogen and oxygen atoms in total. The van der Waals surface area contributed by atoms with E-state index < -0.39 is 17.6 Å². The van der Waals surface area contributed by atoms with Crippen LogP contribution in [0.25, 0.3) is 43.3 Å². The van der Waals surface area contributed by atoms with E-state index in [-0.39, 0.29) is 12.6 Å². The van der Waals surface area contributed by atoms with Crippen LogP contribution in [-0.2, 0) is 16.6 Å². The maximum Gasteiger partial charge on any atom is 0.259 e. The van der Waals surface area contributed by atoms with Gasteiger partial charge in [-0.3, -0.25) is 24.1 Å². The molecule has 1 aliphatic rings. The van der Waals surface area contributed by atoms with E-state index in [4.69, 9.17) is 9.15 Å². The number of benzene rings is 2. The molecule has 3 aromatic heterocycles. The first kappa shape index (κ1) is 16.3. The Morgan fingerprint density at radius 3 is 2.48 bits per heavy atom. The fourth-order valence-corrected chi connectivity index (χ4v) is 4.91. The van der Waals surface area contributed by atoms with E-state index in [1.54, 1.807) is 18.3 Å². The van der Waals surface area contributed by atoms with Crippen LogP contribution < -0.4 is 5.32 Å². The summed E-state index contributed by atoms with van der Waals surface area (Å²) in [6.45, 7) is 0. The lowest BCUT2D eigenvalue weighted by Crippen LogP contribution is -2.22. The smallest absolute Gasteiger partial charge is 0.259 e. The van der Waals surface area contributed by atoms with Crippen molar-refractivity contribution in [1.29, 1.82) is 0 Å². The Labute approximate surface area is 167 Å². The average Bonchev–Trinajstić information content (AvgIpc) is 3.29. The minimum atomic E-state index is -0.496. The molecule has 6 rings (SSSR count). The first-order valence-corrected chi connectivity index (χ1v) is 9.64. The minimum absolute atomic E-state index is 0. The molecule has 0 saturated carbocycles. The van der Waals surface area contributed by atoms with Gasteiger partial charge in [-0.15, -0.1) is 11.3 Å². The summed E-state index contributed by atoms with van der Waals surface area (Å²) < 4.78 is 26.6. The minimum Gasteiger partial charge on any atom is -0.350 e.